The molecule has 0 spiro atoms. The van der Waals surface area contributed by atoms with E-state index in [1.807, 2.05) is 18.2 Å². The van der Waals surface area contributed by atoms with Crippen LogP contribution in [0.3, 0.4) is 0 Å². The van der Waals surface area contributed by atoms with Crippen LogP contribution in [0.1, 0.15) is 5.56 Å². The highest BCUT2D eigenvalue weighted by molar-refractivity contribution is 6.30. The number of benzene rings is 2. The first-order valence-corrected chi connectivity index (χ1v) is 6.55. The SMILES string of the molecule is COc1ccccc1/C=C/C(=O)Nc1cc(Cl)ccc1F. The topological polar surface area (TPSA) is 38.3 Å². The molecule has 2 aromatic rings. The van der Waals surface area contributed by atoms with E-state index >= 15 is 0 Å². The number of anilines is 1. The first-order chi connectivity index (χ1) is 10.1. The fourth-order valence-corrected chi connectivity index (χ4v) is 1.91. The Labute approximate surface area is 127 Å². The van der Waals surface area contributed by atoms with Crippen molar-refractivity contribution in [3.8, 4) is 5.75 Å². The van der Waals surface area contributed by atoms with Gasteiger partial charge in [0.05, 0.1) is 12.8 Å². The lowest BCUT2D eigenvalue weighted by molar-refractivity contribution is -0.111. The van der Waals surface area contributed by atoms with Gasteiger partial charge in [0.25, 0.3) is 0 Å². The molecule has 2 aromatic carbocycles. The Morgan fingerprint density at radius 3 is 2.81 bits per heavy atom. The van der Waals surface area contributed by atoms with Crippen LogP contribution in [0.25, 0.3) is 6.08 Å². The van der Waals surface area contributed by atoms with Gasteiger partial charge >= 0.3 is 0 Å². The van der Waals surface area contributed by atoms with Crippen molar-refractivity contribution in [2.24, 2.45) is 0 Å². The maximum atomic E-state index is 13.5. The molecule has 0 fully saturated rings. The van der Waals surface area contributed by atoms with E-state index in [4.69, 9.17) is 16.3 Å². The van der Waals surface area contributed by atoms with Crippen molar-refractivity contribution < 1.29 is 13.9 Å². The fraction of sp³-hybridized carbons (Fsp3) is 0.0625. The average molecular weight is 306 g/mol. The molecule has 0 aliphatic heterocycles. The third-order valence-electron chi connectivity index (χ3n) is 2.74. The largest absolute Gasteiger partial charge is 0.496 e. The van der Waals surface area contributed by atoms with Crippen molar-refractivity contribution in [3.63, 3.8) is 0 Å². The number of carbonyl (C=O) groups excluding carboxylic acids is 1. The number of methoxy groups -OCH3 is 1. The summed E-state index contributed by atoms with van der Waals surface area (Å²) in [4.78, 5) is 11.8. The predicted molar refractivity (Wildman–Crippen MR) is 82.1 cm³/mol. The molecule has 0 radical (unpaired) electrons. The predicted octanol–water partition coefficient (Wildman–Crippen LogP) is 4.14. The number of hydrogen-bond donors (Lipinski definition) is 1. The lowest BCUT2D eigenvalue weighted by Crippen LogP contribution is -2.09. The van der Waals surface area contributed by atoms with Gasteiger partial charge in [0, 0.05) is 16.7 Å². The molecule has 0 aromatic heterocycles. The summed E-state index contributed by atoms with van der Waals surface area (Å²) in [5, 5.41) is 2.78. The summed E-state index contributed by atoms with van der Waals surface area (Å²) in [6.45, 7) is 0. The number of halogens is 2. The lowest BCUT2D eigenvalue weighted by Gasteiger charge is -2.05. The van der Waals surface area contributed by atoms with Crippen LogP contribution in [0.15, 0.2) is 48.5 Å². The summed E-state index contributed by atoms with van der Waals surface area (Å²) in [5.74, 6) is -0.351. The van der Waals surface area contributed by atoms with Gasteiger partial charge in [-0.3, -0.25) is 4.79 Å². The maximum absolute atomic E-state index is 13.5. The third kappa shape index (κ3) is 4.07. The first-order valence-electron chi connectivity index (χ1n) is 6.17. The van der Waals surface area contributed by atoms with Gasteiger partial charge in [0.1, 0.15) is 11.6 Å². The minimum absolute atomic E-state index is 0.0391. The van der Waals surface area contributed by atoms with E-state index in [1.54, 1.807) is 19.3 Å². The van der Waals surface area contributed by atoms with Crippen LogP contribution >= 0.6 is 11.6 Å². The van der Waals surface area contributed by atoms with E-state index in [9.17, 15) is 9.18 Å². The van der Waals surface area contributed by atoms with Gasteiger partial charge in [-0.2, -0.15) is 0 Å². The Morgan fingerprint density at radius 1 is 1.29 bits per heavy atom. The van der Waals surface area contributed by atoms with Gasteiger partial charge in [0.15, 0.2) is 0 Å². The van der Waals surface area contributed by atoms with E-state index in [-0.39, 0.29) is 5.69 Å². The van der Waals surface area contributed by atoms with Crippen LogP contribution in [-0.2, 0) is 4.79 Å². The molecule has 0 heterocycles. The highest BCUT2D eigenvalue weighted by atomic mass is 35.5. The summed E-state index contributed by atoms with van der Waals surface area (Å²) in [6.07, 6.45) is 2.90. The molecule has 0 aliphatic carbocycles. The monoisotopic (exact) mass is 305 g/mol. The van der Waals surface area contributed by atoms with Crippen molar-refractivity contribution in [2.75, 3.05) is 12.4 Å². The third-order valence-corrected chi connectivity index (χ3v) is 2.97. The number of carbonyl (C=O) groups is 1. The van der Waals surface area contributed by atoms with Gasteiger partial charge in [-0.1, -0.05) is 29.8 Å². The Hall–Kier alpha value is -2.33. The molecule has 1 N–H and O–H groups in total. The van der Waals surface area contributed by atoms with Crippen LogP contribution in [0, 0.1) is 5.82 Å². The Bertz CT molecular complexity index is 686. The van der Waals surface area contributed by atoms with Crippen molar-refractivity contribution in [2.45, 2.75) is 0 Å². The summed E-state index contributed by atoms with van der Waals surface area (Å²) >= 11 is 5.76. The fourth-order valence-electron chi connectivity index (χ4n) is 1.74. The van der Waals surface area contributed by atoms with Crippen molar-refractivity contribution >= 4 is 29.3 Å². The molecule has 1 amide bonds. The lowest BCUT2D eigenvalue weighted by atomic mass is 10.2. The number of para-hydroxylation sites is 1. The van der Waals surface area contributed by atoms with Crippen LogP contribution in [0.5, 0.6) is 5.75 Å². The summed E-state index contributed by atoms with van der Waals surface area (Å²) in [6, 6.07) is 11.2. The molecule has 5 heteroatoms. The molecule has 2 rings (SSSR count). The van der Waals surface area contributed by atoms with Gasteiger partial charge in [0.2, 0.25) is 5.91 Å². The number of hydrogen-bond acceptors (Lipinski definition) is 2. The summed E-state index contributed by atoms with van der Waals surface area (Å²) in [5.41, 5.74) is 0.791. The van der Waals surface area contributed by atoms with Gasteiger partial charge < -0.3 is 10.1 Å². The Kier molecular flexibility index (Phi) is 4.95. The highest BCUT2D eigenvalue weighted by Crippen LogP contribution is 2.20. The molecule has 0 bridgehead atoms. The second-order valence-electron chi connectivity index (χ2n) is 4.19. The quantitative estimate of drug-likeness (QED) is 0.862. The normalized spacial score (nSPS) is 10.6. The first kappa shape index (κ1) is 15.1. The van der Waals surface area contributed by atoms with Crippen molar-refractivity contribution in [1.82, 2.24) is 0 Å². The van der Waals surface area contributed by atoms with Gasteiger partial charge in [-0.15, -0.1) is 0 Å². The minimum atomic E-state index is -0.543. The van der Waals surface area contributed by atoms with Gasteiger partial charge in [-0.05, 0) is 30.3 Å². The molecule has 3 nitrogen and oxygen atoms in total. The van der Waals surface area contributed by atoms with Crippen molar-refractivity contribution in [1.29, 1.82) is 0 Å². The molecule has 0 aliphatic rings. The molecule has 0 atom stereocenters. The molecule has 108 valence electrons. The zero-order valence-corrected chi connectivity index (χ0v) is 12.0. The van der Waals surface area contributed by atoms with Gasteiger partial charge in [-0.25, -0.2) is 4.39 Å². The molecule has 0 saturated heterocycles. The van der Waals surface area contributed by atoms with E-state index < -0.39 is 11.7 Å². The Morgan fingerprint density at radius 2 is 2.05 bits per heavy atom. The number of rotatable bonds is 4. The molecular formula is C16H13ClFNO2. The van der Waals surface area contributed by atoms with Crippen LogP contribution < -0.4 is 10.1 Å². The van der Waals surface area contributed by atoms with Crippen LogP contribution in [-0.4, -0.2) is 13.0 Å². The molecule has 0 unspecified atom stereocenters. The van der Waals surface area contributed by atoms with Crippen LogP contribution in [0.2, 0.25) is 5.02 Å². The second kappa shape index (κ2) is 6.90. The number of ether oxygens (including phenoxy) is 1. The number of amides is 1. The smallest absolute Gasteiger partial charge is 0.248 e. The maximum Gasteiger partial charge on any atom is 0.248 e. The zero-order chi connectivity index (χ0) is 15.2. The minimum Gasteiger partial charge on any atom is -0.496 e. The standard InChI is InChI=1S/C16H13ClFNO2/c1-21-15-5-3-2-4-11(15)6-9-16(20)19-14-10-12(17)7-8-13(14)18/h2-10H,1H3,(H,19,20)/b9-6+. The van der Waals surface area contributed by atoms with E-state index in [2.05, 4.69) is 5.32 Å². The van der Waals surface area contributed by atoms with Crippen LogP contribution in [0.4, 0.5) is 10.1 Å². The van der Waals surface area contributed by atoms with E-state index in [0.717, 1.165) is 5.56 Å². The molecular weight excluding hydrogens is 293 g/mol. The molecule has 21 heavy (non-hydrogen) atoms. The summed E-state index contributed by atoms with van der Waals surface area (Å²) < 4.78 is 18.7. The van der Waals surface area contributed by atoms with E-state index in [1.165, 1.54) is 24.3 Å². The average Bonchev–Trinajstić information content (AvgIpc) is 2.49. The number of nitrogens with one attached hydrogen (secondary N) is 1. The second-order valence-corrected chi connectivity index (χ2v) is 4.63. The molecule has 0 saturated carbocycles. The summed E-state index contributed by atoms with van der Waals surface area (Å²) in [7, 11) is 1.55. The van der Waals surface area contributed by atoms with Crippen molar-refractivity contribution in [3.05, 3.63) is 64.9 Å². The Balaban J connectivity index is 2.11. The highest BCUT2D eigenvalue weighted by Gasteiger charge is 2.05. The van der Waals surface area contributed by atoms with E-state index in [0.29, 0.717) is 10.8 Å². The zero-order valence-electron chi connectivity index (χ0n) is 11.3.